The first-order valence-corrected chi connectivity index (χ1v) is 5.92. The second-order valence-electron chi connectivity index (χ2n) is 3.86. The Hall–Kier alpha value is -2.74. The number of guanidine groups is 1. The minimum absolute atomic E-state index is 0.0488. The Morgan fingerprint density at radius 1 is 1.15 bits per heavy atom. The topological polar surface area (TPSA) is 121 Å². The van der Waals surface area contributed by atoms with E-state index in [4.69, 9.17) is 23.1 Å². The lowest BCUT2D eigenvalue weighted by molar-refractivity contribution is 0.947. The van der Waals surface area contributed by atoms with Gasteiger partial charge >= 0.3 is 0 Å². The van der Waals surface area contributed by atoms with Crippen LogP contribution >= 0.6 is 11.6 Å². The number of aliphatic imine (C=N–C) groups is 1. The monoisotopic (exact) mass is 288 g/mol. The lowest BCUT2D eigenvalue weighted by Crippen LogP contribution is -2.21. The van der Waals surface area contributed by atoms with Crippen LogP contribution in [0.5, 0.6) is 0 Å². The third-order valence-corrected chi connectivity index (χ3v) is 2.79. The lowest BCUT2D eigenvalue weighted by atomic mass is 10.4. The second-order valence-corrected chi connectivity index (χ2v) is 4.22. The van der Waals surface area contributed by atoms with E-state index in [2.05, 4.69) is 24.9 Å². The van der Waals surface area contributed by atoms with Gasteiger partial charge < -0.3 is 11.5 Å². The molecule has 0 atom stereocenters. The van der Waals surface area contributed by atoms with Crippen molar-refractivity contribution in [3.63, 3.8) is 0 Å². The number of aromatic nitrogens is 5. The van der Waals surface area contributed by atoms with Crippen LogP contribution in [0.4, 0.5) is 5.69 Å². The summed E-state index contributed by atoms with van der Waals surface area (Å²) in [6.45, 7) is 0. The quantitative estimate of drug-likeness (QED) is 0.408. The number of hydrogen-bond donors (Lipinski definition) is 2. The summed E-state index contributed by atoms with van der Waals surface area (Å²) in [5, 5.41) is 0.332. The van der Waals surface area contributed by atoms with Crippen LogP contribution < -0.4 is 11.5 Å². The first-order chi connectivity index (χ1) is 9.65. The molecule has 0 fully saturated rings. The van der Waals surface area contributed by atoms with Gasteiger partial charge in [0.1, 0.15) is 17.5 Å². The smallest absolute Gasteiger partial charge is 0.235 e. The van der Waals surface area contributed by atoms with E-state index in [1.165, 1.54) is 12.4 Å². The van der Waals surface area contributed by atoms with Crippen LogP contribution in [0.3, 0.4) is 0 Å². The summed E-state index contributed by atoms with van der Waals surface area (Å²) in [6, 6.07) is 1.78. The number of nitrogens with two attached hydrogens (primary N) is 2. The molecule has 0 bridgehead atoms. The van der Waals surface area contributed by atoms with Crippen molar-refractivity contribution in [2.75, 3.05) is 0 Å². The van der Waals surface area contributed by atoms with Crippen LogP contribution in [-0.2, 0) is 0 Å². The molecule has 3 aromatic heterocycles. The molecule has 100 valence electrons. The molecule has 20 heavy (non-hydrogen) atoms. The van der Waals surface area contributed by atoms with Crippen molar-refractivity contribution >= 4 is 34.3 Å². The van der Waals surface area contributed by atoms with Gasteiger partial charge in [0.2, 0.25) is 5.95 Å². The predicted molar refractivity (Wildman–Crippen MR) is 74.9 cm³/mol. The molecule has 3 rings (SSSR count). The fraction of sp³-hybridized carbons (Fsp3) is 0. The molecule has 0 radical (unpaired) electrons. The number of imidazole rings is 1. The summed E-state index contributed by atoms with van der Waals surface area (Å²) in [6.07, 6.45) is 6.19. The highest BCUT2D eigenvalue weighted by Gasteiger charge is 2.09. The van der Waals surface area contributed by atoms with Gasteiger partial charge in [0.25, 0.3) is 0 Å². The van der Waals surface area contributed by atoms with Crippen LogP contribution in [-0.4, -0.2) is 30.5 Å². The van der Waals surface area contributed by atoms with E-state index in [0.29, 0.717) is 22.3 Å². The van der Waals surface area contributed by atoms with Crippen LogP contribution in [0.1, 0.15) is 0 Å². The summed E-state index contributed by atoms with van der Waals surface area (Å²) in [4.78, 5) is 20.4. The van der Waals surface area contributed by atoms with Crippen LogP contribution in [0.15, 0.2) is 36.0 Å². The fourth-order valence-electron chi connectivity index (χ4n) is 1.72. The van der Waals surface area contributed by atoms with Crippen molar-refractivity contribution < 1.29 is 0 Å². The van der Waals surface area contributed by atoms with Crippen molar-refractivity contribution in [3.05, 3.63) is 36.1 Å². The van der Waals surface area contributed by atoms with E-state index in [1.54, 1.807) is 23.2 Å². The van der Waals surface area contributed by atoms with Crippen LogP contribution in [0, 0.1) is 0 Å². The van der Waals surface area contributed by atoms with Crippen LogP contribution in [0.2, 0.25) is 5.15 Å². The van der Waals surface area contributed by atoms with Crippen molar-refractivity contribution in [1.29, 1.82) is 0 Å². The summed E-state index contributed by atoms with van der Waals surface area (Å²) in [7, 11) is 0. The molecule has 0 aliphatic carbocycles. The molecule has 0 aromatic carbocycles. The normalized spacial score (nSPS) is 10.7. The van der Waals surface area contributed by atoms with Gasteiger partial charge in [-0.05, 0) is 6.07 Å². The predicted octanol–water partition coefficient (Wildman–Crippen LogP) is 0.769. The summed E-state index contributed by atoms with van der Waals surface area (Å²) < 4.78 is 1.70. The van der Waals surface area contributed by atoms with Crippen LogP contribution in [0.25, 0.3) is 17.0 Å². The molecular formula is C11H9ClN8. The van der Waals surface area contributed by atoms with E-state index in [0.717, 1.165) is 5.52 Å². The Morgan fingerprint density at radius 3 is 2.60 bits per heavy atom. The van der Waals surface area contributed by atoms with Gasteiger partial charge in [-0.25, -0.2) is 24.9 Å². The molecular weight excluding hydrogens is 280 g/mol. The highest BCUT2D eigenvalue weighted by atomic mass is 35.5. The second kappa shape index (κ2) is 4.74. The Morgan fingerprint density at radius 2 is 1.90 bits per heavy atom. The standard InChI is InChI=1S/C11H9ClN8/c12-9-8-7(1-2-15-9)20(5-18-8)11-16-3-6(4-17-11)19-10(13)14/h1-5H,(H4,13,14,19). The molecule has 4 N–H and O–H groups in total. The molecule has 8 nitrogen and oxygen atoms in total. The minimum Gasteiger partial charge on any atom is -0.370 e. The molecule has 0 aliphatic rings. The molecule has 0 unspecified atom stereocenters. The molecule has 0 spiro atoms. The zero-order chi connectivity index (χ0) is 14.1. The number of pyridine rings is 1. The molecule has 0 saturated heterocycles. The number of hydrogen-bond acceptors (Lipinski definition) is 5. The zero-order valence-electron chi connectivity index (χ0n) is 10.1. The lowest BCUT2D eigenvalue weighted by Gasteiger charge is -2.02. The summed E-state index contributed by atoms with van der Waals surface area (Å²) in [5.74, 6) is 0.386. The third kappa shape index (κ3) is 2.12. The van der Waals surface area contributed by atoms with Gasteiger partial charge in [-0.1, -0.05) is 11.6 Å². The zero-order valence-corrected chi connectivity index (χ0v) is 10.9. The van der Waals surface area contributed by atoms with Gasteiger partial charge in [-0.15, -0.1) is 0 Å². The van der Waals surface area contributed by atoms with Crippen molar-refractivity contribution in [3.8, 4) is 5.95 Å². The van der Waals surface area contributed by atoms with Gasteiger partial charge in [-0.2, -0.15) is 0 Å². The Bertz CT molecular complexity index is 788. The van der Waals surface area contributed by atoms with Crippen molar-refractivity contribution in [1.82, 2.24) is 24.5 Å². The van der Waals surface area contributed by atoms with Gasteiger partial charge in [-0.3, -0.25) is 4.57 Å². The molecule has 9 heteroatoms. The Kier molecular flexibility index (Phi) is 2.92. The number of fused-ring (bicyclic) bond motifs is 1. The number of rotatable bonds is 2. The highest BCUT2D eigenvalue weighted by molar-refractivity contribution is 6.33. The average Bonchev–Trinajstić information content (AvgIpc) is 2.84. The number of halogens is 1. The summed E-state index contributed by atoms with van der Waals surface area (Å²) in [5.41, 5.74) is 12.4. The SMILES string of the molecule is NC(N)=Nc1cnc(-n2cnc3c(Cl)nccc32)nc1. The van der Waals surface area contributed by atoms with E-state index < -0.39 is 0 Å². The first-order valence-electron chi connectivity index (χ1n) is 5.55. The molecule has 3 heterocycles. The maximum atomic E-state index is 5.97. The van der Waals surface area contributed by atoms with E-state index in [9.17, 15) is 0 Å². The molecule has 0 aliphatic heterocycles. The largest absolute Gasteiger partial charge is 0.370 e. The molecule has 0 saturated carbocycles. The fourth-order valence-corrected chi connectivity index (χ4v) is 1.92. The Labute approximate surface area is 118 Å². The Balaban J connectivity index is 2.07. The van der Waals surface area contributed by atoms with Gasteiger partial charge in [0.15, 0.2) is 11.1 Å². The van der Waals surface area contributed by atoms with E-state index in [-0.39, 0.29) is 5.96 Å². The number of nitrogens with zero attached hydrogens (tertiary/aromatic N) is 6. The van der Waals surface area contributed by atoms with Gasteiger partial charge in [0.05, 0.1) is 17.9 Å². The van der Waals surface area contributed by atoms with Gasteiger partial charge in [0, 0.05) is 6.20 Å². The maximum absolute atomic E-state index is 5.97. The van der Waals surface area contributed by atoms with E-state index in [1.807, 2.05) is 0 Å². The summed E-state index contributed by atoms with van der Waals surface area (Å²) >= 11 is 5.97. The van der Waals surface area contributed by atoms with Crippen molar-refractivity contribution in [2.45, 2.75) is 0 Å². The average molecular weight is 289 g/mol. The van der Waals surface area contributed by atoms with Crippen molar-refractivity contribution in [2.24, 2.45) is 16.5 Å². The molecule has 0 amide bonds. The first kappa shape index (κ1) is 12.3. The maximum Gasteiger partial charge on any atom is 0.235 e. The minimum atomic E-state index is -0.0488. The van der Waals surface area contributed by atoms with E-state index >= 15 is 0 Å². The molecule has 3 aromatic rings. The third-order valence-electron chi connectivity index (χ3n) is 2.52. The highest BCUT2D eigenvalue weighted by Crippen LogP contribution is 2.21.